The Hall–Kier alpha value is -1.91. The molecule has 0 atom stereocenters. The van der Waals surface area contributed by atoms with Crippen LogP contribution in [0.5, 0.6) is 0 Å². The summed E-state index contributed by atoms with van der Waals surface area (Å²) >= 11 is 0. The zero-order valence-electron chi connectivity index (χ0n) is 9.10. The third kappa shape index (κ3) is 2.27. The number of anilines is 2. The van der Waals surface area contributed by atoms with Crippen molar-refractivity contribution in [2.24, 2.45) is 5.84 Å². The van der Waals surface area contributed by atoms with Gasteiger partial charge in [0.1, 0.15) is 5.82 Å². The molecule has 2 aromatic carbocycles. The number of rotatable bonds is 3. The van der Waals surface area contributed by atoms with E-state index in [2.05, 4.69) is 6.07 Å². The fraction of sp³-hybridized carbons (Fsp3) is 0.0769. The van der Waals surface area contributed by atoms with Gasteiger partial charge in [0.15, 0.2) is 0 Å². The fourth-order valence-corrected chi connectivity index (χ4v) is 1.60. The monoisotopic (exact) mass is 231 g/mol. The summed E-state index contributed by atoms with van der Waals surface area (Å²) in [5.41, 5.74) is 1.41. The minimum absolute atomic E-state index is 0.172. The summed E-state index contributed by atoms with van der Waals surface area (Å²) in [4.78, 5) is 0. The average molecular weight is 231 g/mol. The molecule has 0 amide bonds. The maximum Gasteiger partial charge on any atom is 0.148 e. The summed E-state index contributed by atoms with van der Waals surface area (Å²) < 4.78 is 13.6. The molecular formula is C13H12FN2O. The van der Waals surface area contributed by atoms with Crippen molar-refractivity contribution >= 4 is 11.4 Å². The summed E-state index contributed by atoms with van der Waals surface area (Å²) in [5, 5.41) is 10.4. The van der Waals surface area contributed by atoms with Crippen LogP contribution in [0.3, 0.4) is 0 Å². The van der Waals surface area contributed by atoms with Crippen molar-refractivity contribution in [3.8, 4) is 0 Å². The lowest BCUT2D eigenvalue weighted by molar-refractivity contribution is 0.282. The lowest BCUT2D eigenvalue weighted by Gasteiger charge is -2.21. The Kier molecular flexibility index (Phi) is 3.37. The smallest absolute Gasteiger partial charge is 0.148 e. The molecule has 0 aliphatic heterocycles. The number of para-hydroxylation sites is 1. The highest BCUT2D eigenvalue weighted by atomic mass is 19.1. The van der Waals surface area contributed by atoms with Gasteiger partial charge in [0.2, 0.25) is 0 Å². The van der Waals surface area contributed by atoms with Crippen molar-refractivity contribution in [1.29, 1.82) is 0 Å². The first-order chi connectivity index (χ1) is 8.24. The van der Waals surface area contributed by atoms with Gasteiger partial charge in [-0.3, -0.25) is 5.01 Å². The Morgan fingerprint density at radius 3 is 2.71 bits per heavy atom. The molecule has 3 nitrogen and oxygen atoms in total. The van der Waals surface area contributed by atoms with E-state index in [-0.39, 0.29) is 12.3 Å². The van der Waals surface area contributed by atoms with Crippen molar-refractivity contribution in [3.63, 3.8) is 0 Å². The largest absolute Gasteiger partial charge is 0.392 e. The summed E-state index contributed by atoms with van der Waals surface area (Å²) in [6.45, 7) is -0.172. The van der Waals surface area contributed by atoms with Crippen LogP contribution in [0.2, 0.25) is 0 Å². The minimum Gasteiger partial charge on any atom is -0.392 e. The topological polar surface area (TPSA) is 49.5 Å². The molecule has 0 heterocycles. The molecule has 0 aliphatic carbocycles. The summed E-state index contributed by atoms with van der Waals surface area (Å²) in [6.07, 6.45) is 0. The minimum atomic E-state index is -0.410. The van der Waals surface area contributed by atoms with Crippen LogP contribution in [0.25, 0.3) is 0 Å². The highest BCUT2D eigenvalue weighted by molar-refractivity contribution is 5.65. The van der Waals surface area contributed by atoms with E-state index < -0.39 is 5.82 Å². The molecule has 2 aromatic rings. The number of nitrogens with zero attached hydrogens (tertiary/aromatic N) is 1. The molecule has 0 spiro atoms. The fourth-order valence-electron chi connectivity index (χ4n) is 1.60. The van der Waals surface area contributed by atoms with Crippen molar-refractivity contribution in [1.82, 2.24) is 0 Å². The van der Waals surface area contributed by atoms with Gasteiger partial charge in [0.25, 0.3) is 0 Å². The number of hydrogen-bond acceptors (Lipinski definition) is 3. The van der Waals surface area contributed by atoms with E-state index in [1.807, 2.05) is 0 Å². The normalized spacial score (nSPS) is 10.3. The van der Waals surface area contributed by atoms with E-state index in [0.29, 0.717) is 11.3 Å². The lowest BCUT2D eigenvalue weighted by Crippen LogP contribution is -2.27. The molecule has 0 aliphatic rings. The SMILES string of the molecule is NN(c1ccccc1F)c1cc[c]cc1CO. The second-order valence-corrected chi connectivity index (χ2v) is 3.53. The van der Waals surface area contributed by atoms with Gasteiger partial charge in [-0.05, 0) is 30.3 Å². The zero-order valence-corrected chi connectivity index (χ0v) is 9.10. The predicted molar refractivity (Wildman–Crippen MR) is 63.9 cm³/mol. The number of aliphatic hydroxyl groups excluding tert-OH is 1. The molecule has 0 unspecified atom stereocenters. The maximum absolute atomic E-state index is 13.6. The first kappa shape index (κ1) is 11.6. The number of halogens is 1. The van der Waals surface area contributed by atoms with E-state index in [1.54, 1.807) is 36.4 Å². The first-order valence-corrected chi connectivity index (χ1v) is 5.13. The van der Waals surface area contributed by atoms with E-state index in [4.69, 9.17) is 5.84 Å². The molecule has 17 heavy (non-hydrogen) atoms. The van der Waals surface area contributed by atoms with Crippen molar-refractivity contribution < 1.29 is 9.50 Å². The second-order valence-electron chi connectivity index (χ2n) is 3.53. The maximum atomic E-state index is 13.6. The lowest BCUT2D eigenvalue weighted by atomic mass is 10.1. The second kappa shape index (κ2) is 4.95. The van der Waals surface area contributed by atoms with Crippen LogP contribution >= 0.6 is 0 Å². The summed E-state index contributed by atoms with van der Waals surface area (Å²) in [7, 11) is 0. The van der Waals surface area contributed by atoms with Crippen LogP contribution in [-0.2, 0) is 6.61 Å². The van der Waals surface area contributed by atoms with Gasteiger partial charge in [-0.15, -0.1) is 0 Å². The number of hydrazine groups is 1. The molecule has 0 saturated carbocycles. The van der Waals surface area contributed by atoms with E-state index in [0.717, 1.165) is 0 Å². The molecule has 3 N–H and O–H groups in total. The molecule has 0 saturated heterocycles. The molecule has 0 aromatic heterocycles. The van der Waals surface area contributed by atoms with Gasteiger partial charge >= 0.3 is 0 Å². The standard InChI is InChI=1S/C13H12FN2O/c14-11-6-2-4-8-13(11)16(15)12-7-3-1-5-10(12)9-17/h2-8,17H,9,15H2. The van der Waals surface area contributed by atoms with E-state index in [9.17, 15) is 9.50 Å². The van der Waals surface area contributed by atoms with Crippen LogP contribution in [0.4, 0.5) is 15.8 Å². The number of aliphatic hydroxyl groups is 1. The molecule has 4 heteroatoms. The zero-order chi connectivity index (χ0) is 12.3. The van der Waals surface area contributed by atoms with Crippen LogP contribution in [0.1, 0.15) is 5.56 Å². The number of nitrogens with two attached hydrogens (primary N) is 1. The molecular weight excluding hydrogens is 219 g/mol. The Morgan fingerprint density at radius 2 is 2.00 bits per heavy atom. The van der Waals surface area contributed by atoms with E-state index in [1.165, 1.54) is 11.1 Å². The van der Waals surface area contributed by atoms with Gasteiger partial charge in [0.05, 0.1) is 18.0 Å². The van der Waals surface area contributed by atoms with Gasteiger partial charge in [-0.25, -0.2) is 10.2 Å². The van der Waals surface area contributed by atoms with Crippen LogP contribution < -0.4 is 10.9 Å². The molecule has 0 fully saturated rings. The van der Waals surface area contributed by atoms with Crippen LogP contribution in [-0.4, -0.2) is 5.11 Å². The third-order valence-electron chi connectivity index (χ3n) is 2.47. The molecule has 1 radical (unpaired) electrons. The number of hydrogen-bond donors (Lipinski definition) is 2. The van der Waals surface area contributed by atoms with Crippen LogP contribution in [0, 0.1) is 11.9 Å². The van der Waals surface area contributed by atoms with Crippen molar-refractivity contribution in [3.05, 3.63) is 59.9 Å². The Bertz CT molecular complexity index is 516. The summed E-state index contributed by atoms with van der Waals surface area (Å²) in [5.74, 6) is 5.45. The van der Waals surface area contributed by atoms with Gasteiger partial charge < -0.3 is 5.11 Å². The van der Waals surface area contributed by atoms with Gasteiger partial charge in [-0.2, -0.15) is 0 Å². The Balaban J connectivity index is 2.44. The summed E-state index contributed by atoms with van der Waals surface area (Å²) in [6, 6.07) is 14.0. The van der Waals surface area contributed by atoms with E-state index >= 15 is 0 Å². The van der Waals surface area contributed by atoms with Gasteiger partial charge in [0, 0.05) is 5.56 Å². The molecule has 87 valence electrons. The molecule has 0 bridgehead atoms. The van der Waals surface area contributed by atoms with Crippen LogP contribution in [0.15, 0.2) is 42.5 Å². The first-order valence-electron chi connectivity index (χ1n) is 5.13. The van der Waals surface area contributed by atoms with Crippen molar-refractivity contribution in [2.45, 2.75) is 6.61 Å². The van der Waals surface area contributed by atoms with Gasteiger partial charge in [-0.1, -0.05) is 18.2 Å². The Labute approximate surface area is 98.9 Å². The molecule has 2 rings (SSSR count). The quantitative estimate of drug-likeness (QED) is 0.628. The van der Waals surface area contributed by atoms with Crippen molar-refractivity contribution in [2.75, 3.05) is 5.01 Å². The predicted octanol–water partition coefficient (Wildman–Crippen LogP) is 2.13. The highest BCUT2D eigenvalue weighted by Gasteiger charge is 2.12. The third-order valence-corrected chi connectivity index (χ3v) is 2.47. The number of benzene rings is 2. The highest BCUT2D eigenvalue weighted by Crippen LogP contribution is 2.27. The average Bonchev–Trinajstić information content (AvgIpc) is 2.38. The Morgan fingerprint density at radius 1 is 1.24 bits per heavy atom.